The second-order valence-electron chi connectivity index (χ2n) is 5.68. The number of hydrogen-bond donors (Lipinski definition) is 1. The Kier molecular flexibility index (Phi) is 7.54. The summed E-state index contributed by atoms with van der Waals surface area (Å²) in [6, 6.07) is 10.7. The highest BCUT2D eigenvalue weighted by molar-refractivity contribution is 14.0. The fraction of sp³-hybridized carbons (Fsp3) is 0.389. The molecule has 5 nitrogen and oxygen atoms in total. The van der Waals surface area contributed by atoms with Crippen molar-refractivity contribution in [2.24, 2.45) is 4.99 Å². The highest BCUT2D eigenvalue weighted by Crippen LogP contribution is 2.20. The number of aliphatic imine (C=N–C) groups is 1. The Morgan fingerprint density at radius 2 is 1.92 bits per heavy atom. The molecule has 0 aliphatic carbocycles. The van der Waals surface area contributed by atoms with Crippen LogP contribution in [-0.2, 0) is 6.54 Å². The molecule has 1 aliphatic heterocycles. The van der Waals surface area contributed by atoms with E-state index in [1.807, 2.05) is 24.3 Å². The van der Waals surface area contributed by atoms with Crippen LogP contribution in [0.2, 0.25) is 0 Å². The molecule has 1 fully saturated rings. The number of piperazine rings is 1. The van der Waals surface area contributed by atoms with Crippen LogP contribution < -0.4 is 10.2 Å². The quantitative estimate of drug-likeness (QED) is 0.434. The number of hydrogen-bond acceptors (Lipinski definition) is 3. The van der Waals surface area contributed by atoms with Crippen LogP contribution >= 0.6 is 24.0 Å². The minimum atomic E-state index is -0.163. The zero-order valence-corrected chi connectivity index (χ0v) is 16.7. The average molecular weight is 458 g/mol. The zero-order chi connectivity index (χ0) is 16.8. The van der Waals surface area contributed by atoms with Gasteiger partial charge in [0.25, 0.3) is 0 Å². The summed E-state index contributed by atoms with van der Waals surface area (Å²) in [5.74, 6) is 1.56. The number of furan rings is 1. The van der Waals surface area contributed by atoms with Gasteiger partial charge >= 0.3 is 0 Å². The van der Waals surface area contributed by atoms with Crippen molar-refractivity contribution in [1.82, 2.24) is 10.2 Å². The molecule has 0 saturated carbocycles. The van der Waals surface area contributed by atoms with E-state index in [1.54, 1.807) is 12.3 Å². The summed E-state index contributed by atoms with van der Waals surface area (Å²) < 4.78 is 19.3. The number of nitrogens with zero attached hydrogens (tertiary/aromatic N) is 3. The molecule has 0 atom stereocenters. The molecule has 25 heavy (non-hydrogen) atoms. The first-order chi connectivity index (χ1) is 11.8. The van der Waals surface area contributed by atoms with Crippen LogP contribution in [0.25, 0.3) is 0 Å². The summed E-state index contributed by atoms with van der Waals surface area (Å²) in [7, 11) is 0. The normalized spacial score (nSPS) is 15.0. The monoisotopic (exact) mass is 458 g/mol. The predicted octanol–water partition coefficient (Wildman–Crippen LogP) is 3.32. The van der Waals surface area contributed by atoms with E-state index in [9.17, 15) is 4.39 Å². The van der Waals surface area contributed by atoms with E-state index in [0.717, 1.165) is 44.4 Å². The number of halogens is 2. The molecule has 0 bridgehead atoms. The Labute approximate surface area is 164 Å². The smallest absolute Gasteiger partial charge is 0.194 e. The molecule has 0 radical (unpaired) electrons. The van der Waals surface area contributed by atoms with Gasteiger partial charge in [0.05, 0.1) is 12.0 Å². The van der Waals surface area contributed by atoms with Crippen molar-refractivity contribution in [3.05, 3.63) is 54.2 Å². The Balaban J connectivity index is 0.00000225. The molecule has 0 unspecified atom stereocenters. The van der Waals surface area contributed by atoms with Crippen molar-refractivity contribution in [2.75, 3.05) is 37.6 Å². The zero-order valence-electron chi connectivity index (χ0n) is 14.3. The summed E-state index contributed by atoms with van der Waals surface area (Å²) in [5, 5.41) is 3.32. The molecule has 1 saturated heterocycles. The first kappa shape index (κ1) is 19.6. The summed E-state index contributed by atoms with van der Waals surface area (Å²) in [5.41, 5.74) is 0.676. The Bertz CT molecular complexity index is 669. The number of rotatable bonds is 4. The Morgan fingerprint density at radius 3 is 2.56 bits per heavy atom. The van der Waals surface area contributed by atoms with Gasteiger partial charge in [0, 0.05) is 32.7 Å². The van der Waals surface area contributed by atoms with Crippen molar-refractivity contribution in [3.63, 3.8) is 0 Å². The van der Waals surface area contributed by atoms with E-state index in [1.165, 1.54) is 6.07 Å². The van der Waals surface area contributed by atoms with Gasteiger partial charge in [-0.1, -0.05) is 12.1 Å². The van der Waals surface area contributed by atoms with Crippen LogP contribution in [0.15, 0.2) is 52.1 Å². The van der Waals surface area contributed by atoms with E-state index >= 15 is 0 Å². The number of guanidine groups is 1. The molecular formula is C18H24FIN4O. The lowest BCUT2D eigenvalue weighted by atomic mass is 10.2. The molecule has 1 aromatic heterocycles. The second kappa shape index (κ2) is 9.65. The first-order valence-electron chi connectivity index (χ1n) is 8.33. The lowest BCUT2D eigenvalue weighted by molar-refractivity contribution is 0.370. The van der Waals surface area contributed by atoms with Crippen molar-refractivity contribution in [3.8, 4) is 0 Å². The third-order valence-electron chi connectivity index (χ3n) is 4.07. The van der Waals surface area contributed by atoms with Gasteiger partial charge in [0.1, 0.15) is 18.1 Å². The van der Waals surface area contributed by atoms with E-state index in [2.05, 4.69) is 27.0 Å². The maximum Gasteiger partial charge on any atom is 0.194 e. The first-order valence-corrected chi connectivity index (χ1v) is 8.33. The molecule has 2 aromatic rings. The van der Waals surface area contributed by atoms with Gasteiger partial charge in [-0.2, -0.15) is 0 Å². The molecule has 7 heteroatoms. The molecule has 136 valence electrons. The topological polar surface area (TPSA) is 44.0 Å². The fourth-order valence-corrected chi connectivity index (χ4v) is 2.85. The van der Waals surface area contributed by atoms with Crippen LogP contribution in [0.3, 0.4) is 0 Å². The molecule has 2 heterocycles. The van der Waals surface area contributed by atoms with Crippen LogP contribution in [0.4, 0.5) is 10.1 Å². The van der Waals surface area contributed by atoms with Gasteiger partial charge in [0.15, 0.2) is 5.96 Å². The van der Waals surface area contributed by atoms with Crippen LogP contribution in [0, 0.1) is 5.82 Å². The molecule has 0 spiro atoms. The SMILES string of the molecule is CCNC(=NCc1ccco1)N1CCN(c2ccccc2F)CC1.I. The molecule has 1 aromatic carbocycles. The van der Waals surface area contributed by atoms with E-state index in [0.29, 0.717) is 12.2 Å². The van der Waals surface area contributed by atoms with Gasteiger partial charge in [-0.3, -0.25) is 0 Å². The maximum atomic E-state index is 13.9. The van der Waals surface area contributed by atoms with E-state index in [4.69, 9.17) is 4.42 Å². The summed E-state index contributed by atoms with van der Waals surface area (Å²) >= 11 is 0. The standard InChI is InChI=1S/C18H23FN4O.HI/c1-2-20-18(21-14-15-6-5-13-24-15)23-11-9-22(10-12-23)17-8-4-3-7-16(17)19;/h3-8,13H,2,9-12,14H2,1H3,(H,20,21);1H. The van der Waals surface area contributed by atoms with Crippen molar-refractivity contribution in [2.45, 2.75) is 13.5 Å². The number of benzene rings is 1. The minimum Gasteiger partial charge on any atom is -0.467 e. The van der Waals surface area contributed by atoms with Gasteiger partial charge in [-0.25, -0.2) is 9.38 Å². The largest absolute Gasteiger partial charge is 0.467 e. The number of para-hydroxylation sites is 1. The maximum absolute atomic E-state index is 13.9. The van der Waals surface area contributed by atoms with Crippen LogP contribution in [0.5, 0.6) is 0 Å². The molecule has 3 rings (SSSR count). The molecule has 0 amide bonds. The van der Waals surface area contributed by atoms with Crippen LogP contribution in [-0.4, -0.2) is 43.6 Å². The Morgan fingerprint density at radius 1 is 1.16 bits per heavy atom. The van der Waals surface area contributed by atoms with Gasteiger partial charge < -0.3 is 19.5 Å². The lowest BCUT2D eigenvalue weighted by Gasteiger charge is -2.37. The highest BCUT2D eigenvalue weighted by atomic mass is 127. The van der Waals surface area contributed by atoms with Crippen molar-refractivity contribution < 1.29 is 8.81 Å². The highest BCUT2D eigenvalue weighted by Gasteiger charge is 2.21. The number of nitrogens with one attached hydrogen (secondary N) is 1. The van der Waals surface area contributed by atoms with Gasteiger partial charge in [0.2, 0.25) is 0 Å². The van der Waals surface area contributed by atoms with E-state index in [-0.39, 0.29) is 29.8 Å². The average Bonchev–Trinajstić information content (AvgIpc) is 3.13. The minimum absolute atomic E-state index is 0. The Hall–Kier alpha value is -1.77. The second-order valence-corrected chi connectivity index (χ2v) is 5.68. The third kappa shape index (κ3) is 5.10. The molecule has 1 N–H and O–H groups in total. The van der Waals surface area contributed by atoms with Crippen molar-refractivity contribution in [1.29, 1.82) is 0 Å². The number of anilines is 1. The molecule has 1 aliphatic rings. The summed E-state index contributed by atoms with van der Waals surface area (Å²) in [4.78, 5) is 8.94. The fourth-order valence-electron chi connectivity index (χ4n) is 2.85. The summed E-state index contributed by atoms with van der Waals surface area (Å²) in [6.07, 6.45) is 1.66. The molecular weight excluding hydrogens is 434 g/mol. The third-order valence-corrected chi connectivity index (χ3v) is 4.07. The van der Waals surface area contributed by atoms with Crippen LogP contribution in [0.1, 0.15) is 12.7 Å². The van der Waals surface area contributed by atoms with Gasteiger partial charge in [-0.05, 0) is 31.2 Å². The van der Waals surface area contributed by atoms with E-state index < -0.39 is 0 Å². The van der Waals surface area contributed by atoms with Crippen molar-refractivity contribution >= 4 is 35.6 Å². The predicted molar refractivity (Wildman–Crippen MR) is 109 cm³/mol. The lowest BCUT2D eigenvalue weighted by Crippen LogP contribution is -2.52. The van der Waals surface area contributed by atoms with Gasteiger partial charge in [-0.15, -0.1) is 24.0 Å². The summed E-state index contributed by atoms with van der Waals surface area (Å²) in [6.45, 7) is 6.53.